The number of carbonyl (C=O) groups excluding carboxylic acids is 1. The summed E-state index contributed by atoms with van der Waals surface area (Å²) in [5, 5.41) is 7.95. The highest BCUT2D eigenvalue weighted by Gasteiger charge is 2.15. The third-order valence-corrected chi connectivity index (χ3v) is 3.61. The molecular formula is C11H14N4O2S. The van der Waals surface area contributed by atoms with E-state index in [2.05, 4.69) is 20.1 Å². The number of ether oxygens (including phenoxy) is 1. The van der Waals surface area contributed by atoms with Crippen molar-refractivity contribution in [3.05, 3.63) is 28.5 Å². The maximum Gasteiger partial charge on any atom is 0.350 e. The zero-order valence-electron chi connectivity index (χ0n) is 10.4. The summed E-state index contributed by atoms with van der Waals surface area (Å²) in [5.74, 6) is -0.349. The summed E-state index contributed by atoms with van der Waals surface area (Å²) in [7, 11) is 3.24. The third-order valence-electron chi connectivity index (χ3n) is 2.51. The smallest absolute Gasteiger partial charge is 0.350 e. The molecule has 0 bridgehead atoms. The minimum Gasteiger partial charge on any atom is -0.465 e. The molecule has 0 aromatic carbocycles. The Morgan fingerprint density at radius 3 is 3.00 bits per heavy atom. The second-order valence-corrected chi connectivity index (χ2v) is 4.72. The molecule has 2 aromatic rings. The number of anilines is 1. The fraction of sp³-hybridized carbons (Fsp3) is 0.364. The first-order chi connectivity index (χ1) is 8.61. The molecule has 6 nitrogen and oxygen atoms in total. The van der Waals surface area contributed by atoms with Crippen molar-refractivity contribution in [1.82, 2.24) is 14.8 Å². The molecule has 0 spiro atoms. The van der Waals surface area contributed by atoms with Crippen LogP contribution >= 0.6 is 11.3 Å². The quantitative estimate of drug-likeness (QED) is 0.851. The standard InChI is InChI=1S/C11H14N4O2S/c1-7-9(10(16)17-3)18-11(14-7)12-6-8-4-5-13-15(8)2/h4-5H,6H2,1-3H3,(H,12,14). The van der Waals surface area contributed by atoms with E-state index < -0.39 is 0 Å². The molecule has 0 saturated heterocycles. The van der Waals surface area contributed by atoms with E-state index in [9.17, 15) is 4.79 Å². The van der Waals surface area contributed by atoms with Crippen LogP contribution in [0.2, 0.25) is 0 Å². The minimum atomic E-state index is -0.349. The SMILES string of the molecule is COC(=O)c1sc(NCc2ccnn2C)nc1C. The molecule has 0 aliphatic rings. The first-order valence-corrected chi connectivity index (χ1v) is 6.20. The molecule has 96 valence electrons. The zero-order valence-corrected chi connectivity index (χ0v) is 11.2. The first kappa shape index (κ1) is 12.6. The van der Waals surface area contributed by atoms with Crippen molar-refractivity contribution in [3.63, 3.8) is 0 Å². The number of rotatable bonds is 4. The Morgan fingerprint density at radius 1 is 1.61 bits per heavy atom. The lowest BCUT2D eigenvalue weighted by Gasteiger charge is -2.02. The predicted octanol–water partition coefficient (Wildman–Crippen LogP) is 1.58. The number of thiazole rings is 1. The Kier molecular flexibility index (Phi) is 3.61. The van der Waals surface area contributed by atoms with Crippen LogP contribution in [0.3, 0.4) is 0 Å². The number of carbonyl (C=O) groups is 1. The number of methoxy groups -OCH3 is 1. The highest BCUT2D eigenvalue weighted by molar-refractivity contribution is 7.17. The van der Waals surface area contributed by atoms with Gasteiger partial charge in [-0.1, -0.05) is 11.3 Å². The van der Waals surface area contributed by atoms with Crippen molar-refractivity contribution in [2.75, 3.05) is 12.4 Å². The lowest BCUT2D eigenvalue weighted by Crippen LogP contribution is -2.05. The van der Waals surface area contributed by atoms with Crippen LogP contribution < -0.4 is 5.32 Å². The van der Waals surface area contributed by atoms with Crippen LogP contribution in [0.5, 0.6) is 0 Å². The van der Waals surface area contributed by atoms with E-state index in [0.717, 1.165) is 5.69 Å². The van der Waals surface area contributed by atoms with Gasteiger partial charge in [-0.3, -0.25) is 4.68 Å². The van der Waals surface area contributed by atoms with Crippen molar-refractivity contribution in [3.8, 4) is 0 Å². The Morgan fingerprint density at radius 2 is 2.39 bits per heavy atom. The lowest BCUT2D eigenvalue weighted by atomic mass is 10.4. The van der Waals surface area contributed by atoms with Gasteiger partial charge in [-0.2, -0.15) is 5.10 Å². The molecule has 18 heavy (non-hydrogen) atoms. The molecule has 2 heterocycles. The highest BCUT2D eigenvalue weighted by Crippen LogP contribution is 2.23. The van der Waals surface area contributed by atoms with Crippen molar-refractivity contribution < 1.29 is 9.53 Å². The summed E-state index contributed by atoms with van der Waals surface area (Å²) in [5.41, 5.74) is 1.72. The molecule has 0 saturated carbocycles. The van der Waals surface area contributed by atoms with Crippen LogP contribution in [0.25, 0.3) is 0 Å². The Bertz CT molecular complexity index is 561. The first-order valence-electron chi connectivity index (χ1n) is 5.38. The molecule has 2 rings (SSSR count). The molecule has 0 radical (unpaired) electrons. The fourth-order valence-corrected chi connectivity index (χ4v) is 2.38. The van der Waals surface area contributed by atoms with Gasteiger partial charge in [0.25, 0.3) is 0 Å². The third kappa shape index (κ3) is 2.51. The molecule has 0 fully saturated rings. The Labute approximate surface area is 109 Å². The number of hydrogen-bond acceptors (Lipinski definition) is 6. The van der Waals surface area contributed by atoms with Crippen molar-refractivity contribution in [1.29, 1.82) is 0 Å². The molecule has 0 atom stereocenters. The molecule has 2 aromatic heterocycles. The normalized spacial score (nSPS) is 10.4. The van der Waals surface area contributed by atoms with Crippen LogP contribution in [-0.2, 0) is 18.3 Å². The van der Waals surface area contributed by atoms with Crippen molar-refractivity contribution in [2.24, 2.45) is 7.05 Å². The van der Waals surface area contributed by atoms with E-state index in [1.807, 2.05) is 13.1 Å². The number of nitrogens with zero attached hydrogens (tertiary/aromatic N) is 3. The number of aromatic nitrogens is 3. The second kappa shape index (κ2) is 5.18. The second-order valence-electron chi connectivity index (χ2n) is 3.72. The van der Waals surface area contributed by atoms with E-state index >= 15 is 0 Å². The Balaban J connectivity index is 2.07. The van der Waals surface area contributed by atoms with Gasteiger partial charge in [0.1, 0.15) is 4.88 Å². The number of nitrogens with one attached hydrogen (secondary N) is 1. The van der Waals surface area contributed by atoms with Gasteiger partial charge in [0.2, 0.25) is 0 Å². The van der Waals surface area contributed by atoms with E-state index in [4.69, 9.17) is 0 Å². The maximum absolute atomic E-state index is 11.4. The summed E-state index contributed by atoms with van der Waals surface area (Å²) in [6.07, 6.45) is 1.74. The average molecular weight is 266 g/mol. The van der Waals surface area contributed by atoms with Crippen LogP contribution in [0.1, 0.15) is 21.1 Å². The highest BCUT2D eigenvalue weighted by atomic mass is 32.1. The van der Waals surface area contributed by atoms with Gasteiger partial charge in [0, 0.05) is 13.2 Å². The summed E-state index contributed by atoms with van der Waals surface area (Å²) in [4.78, 5) is 16.3. The topological polar surface area (TPSA) is 69.0 Å². The van der Waals surface area contributed by atoms with Crippen LogP contribution in [0, 0.1) is 6.92 Å². The number of aryl methyl sites for hydroxylation is 2. The fourth-order valence-electron chi connectivity index (χ4n) is 1.50. The van der Waals surface area contributed by atoms with Gasteiger partial charge in [0.05, 0.1) is 25.0 Å². The van der Waals surface area contributed by atoms with Crippen molar-refractivity contribution in [2.45, 2.75) is 13.5 Å². The Hall–Kier alpha value is -1.89. The van der Waals surface area contributed by atoms with Crippen LogP contribution in [0.15, 0.2) is 12.3 Å². The molecule has 0 aliphatic carbocycles. The number of hydrogen-bond donors (Lipinski definition) is 1. The van der Waals surface area contributed by atoms with E-state index in [1.54, 1.807) is 17.8 Å². The number of esters is 1. The van der Waals surface area contributed by atoms with Crippen LogP contribution in [0.4, 0.5) is 5.13 Å². The molecule has 1 N–H and O–H groups in total. The summed E-state index contributed by atoms with van der Waals surface area (Å²) in [6, 6.07) is 1.93. The van der Waals surface area contributed by atoms with E-state index in [-0.39, 0.29) is 5.97 Å². The van der Waals surface area contributed by atoms with Gasteiger partial charge in [0.15, 0.2) is 5.13 Å². The predicted molar refractivity (Wildman–Crippen MR) is 68.7 cm³/mol. The average Bonchev–Trinajstić information content (AvgIpc) is 2.92. The van der Waals surface area contributed by atoms with Gasteiger partial charge in [-0.05, 0) is 13.0 Å². The monoisotopic (exact) mass is 266 g/mol. The maximum atomic E-state index is 11.4. The van der Waals surface area contributed by atoms with Gasteiger partial charge in [-0.15, -0.1) is 0 Å². The molecule has 0 aliphatic heterocycles. The molecule has 0 amide bonds. The minimum absolute atomic E-state index is 0.349. The van der Waals surface area contributed by atoms with Gasteiger partial charge in [-0.25, -0.2) is 9.78 Å². The summed E-state index contributed by atoms with van der Waals surface area (Å²) < 4.78 is 6.48. The summed E-state index contributed by atoms with van der Waals surface area (Å²) >= 11 is 1.29. The van der Waals surface area contributed by atoms with Crippen molar-refractivity contribution >= 4 is 22.4 Å². The molecule has 7 heteroatoms. The largest absolute Gasteiger partial charge is 0.465 e. The summed E-state index contributed by atoms with van der Waals surface area (Å²) in [6.45, 7) is 2.40. The molecule has 0 unspecified atom stereocenters. The van der Waals surface area contributed by atoms with Gasteiger partial charge < -0.3 is 10.1 Å². The van der Waals surface area contributed by atoms with E-state index in [0.29, 0.717) is 22.2 Å². The lowest BCUT2D eigenvalue weighted by molar-refractivity contribution is 0.0605. The zero-order chi connectivity index (χ0) is 13.1. The van der Waals surface area contributed by atoms with E-state index in [1.165, 1.54) is 18.4 Å². The van der Waals surface area contributed by atoms with Crippen LogP contribution in [-0.4, -0.2) is 27.8 Å². The van der Waals surface area contributed by atoms with Gasteiger partial charge >= 0.3 is 5.97 Å². The molecular weight excluding hydrogens is 252 g/mol.